The largest absolute Gasteiger partial charge is 0.366 e. The molecule has 0 radical (unpaired) electrons. The van der Waals surface area contributed by atoms with E-state index >= 15 is 0 Å². The number of halogens is 1. The third-order valence-electron chi connectivity index (χ3n) is 3.18. The summed E-state index contributed by atoms with van der Waals surface area (Å²) >= 11 is 0. The van der Waals surface area contributed by atoms with Crippen LogP contribution in [0, 0.1) is 5.82 Å². The minimum Gasteiger partial charge on any atom is -0.366 e. The van der Waals surface area contributed by atoms with Crippen LogP contribution in [0.25, 0.3) is 11.1 Å². The quantitative estimate of drug-likeness (QED) is 0.712. The molecule has 1 N–H and O–H groups in total. The average Bonchev–Trinajstić information content (AvgIpc) is 2.97. The van der Waals surface area contributed by atoms with Gasteiger partial charge in [-0.15, -0.1) is 0 Å². The van der Waals surface area contributed by atoms with E-state index in [2.05, 4.69) is 4.98 Å². The third kappa shape index (κ3) is 2.26. The predicted molar refractivity (Wildman–Crippen MR) is 76.1 cm³/mol. The maximum Gasteiger partial charge on any atom is 0.195 e. The summed E-state index contributed by atoms with van der Waals surface area (Å²) in [6.07, 6.45) is 3.43. The first-order chi connectivity index (χ1) is 9.75. The molecule has 0 amide bonds. The Bertz CT molecular complexity index is 729. The average molecular weight is 265 g/mol. The third-order valence-corrected chi connectivity index (χ3v) is 3.18. The SMILES string of the molecule is O=C(c1ccccc1)c1c[nH]cc1-c1ccc(F)cc1. The smallest absolute Gasteiger partial charge is 0.195 e. The molecule has 0 aliphatic rings. The zero-order valence-corrected chi connectivity index (χ0v) is 10.6. The van der Waals surface area contributed by atoms with E-state index < -0.39 is 0 Å². The molecule has 2 nitrogen and oxygen atoms in total. The van der Waals surface area contributed by atoms with E-state index in [4.69, 9.17) is 0 Å². The van der Waals surface area contributed by atoms with Crippen LogP contribution >= 0.6 is 0 Å². The lowest BCUT2D eigenvalue weighted by Gasteiger charge is -2.04. The standard InChI is InChI=1S/C17H12FNO/c18-14-8-6-12(7-9-14)15-10-19-11-16(15)17(20)13-4-2-1-3-5-13/h1-11,19H. The van der Waals surface area contributed by atoms with E-state index in [-0.39, 0.29) is 11.6 Å². The highest BCUT2D eigenvalue weighted by atomic mass is 19.1. The van der Waals surface area contributed by atoms with Crippen LogP contribution in [-0.4, -0.2) is 10.8 Å². The predicted octanol–water partition coefficient (Wildman–Crippen LogP) is 4.05. The van der Waals surface area contributed by atoms with Crippen LogP contribution in [0.4, 0.5) is 4.39 Å². The Labute approximate surface area is 115 Å². The number of carbonyl (C=O) groups is 1. The van der Waals surface area contributed by atoms with Gasteiger partial charge in [-0.2, -0.15) is 0 Å². The van der Waals surface area contributed by atoms with Crippen molar-refractivity contribution >= 4 is 5.78 Å². The highest BCUT2D eigenvalue weighted by Crippen LogP contribution is 2.25. The second-order valence-electron chi connectivity index (χ2n) is 4.48. The number of hydrogen-bond acceptors (Lipinski definition) is 1. The second-order valence-corrected chi connectivity index (χ2v) is 4.48. The van der Waals surface area contributed by atoms with Crippen LogP contribution in [0.1, 0.15) is 15.9 Å². The summed E-state index contributed by atoms with van der Waals surface area (Å²) in [5, 5.41) is 0. The first-order valence-corrected chi connectivity index (χ1v) is 6.28. The minimum atomic E-state index is -0.291. The molecule has 0 aliphatic carbocycles. The van der Waals surface area contributed by atoms with Gasteiger partial charge in [0.15, 0.2) is 5.78 Å². The van der Waals surface area contributed by atoms with Gasteiger partial charge >= 0.3 is 0 Å². The van der Waals surface area contributed by atoms with Gasteiger partial charge in [0.25, 0.3) is 0 Å². The van der Waals surface area contributed by atoms with Gasteiger partial charge < -0.3 is 4.98 Å². The lowest BCUT2D eigenvalue weighted by molar-refractivity contribution is 0.103. The molecule has 1 aromatic heterocycles. The fourth-order valence-corrected chi connectivity index (χ4v) is 2.17. The number of benzene rings is 2. The minimum absolute atomic E-state index is 0.0498. The number of aromatic amines is 1. The maximum absolute atomic E-state index is 13.0. The number of hydrogen-bond donors (Lipinski definition) is 1. The summed E-state index contributed by atoms with van der Waals surface area (Å²) in [5.41, 5.74) is 2.81. The van der Waals surface area contributed by atoms with Gasteiger partial charge in [0, 0.05) is 29.1 Å². The molecule has 0 spiro atoms. The summed E-state index contributed by atoms with van der Waals surface area (Å²) in [7, 11) is 0. The van der Waals surface area contributed by atoms with Crippen LogP contribution in [0.2, 0.25) is 0 Å². The number of ketones is 1. The zero-order chi connectivity index (χ0) is 13.9. The number of carbonyl (C=O) groups excluding carboxylic acids is 1. The summed E-state index contributed by atoms with van der Waals surface area (Å²) < 4.78 is 13.0. The van der Waals surface area contributed by atoms with Crippen LogP contribution in [0.3, 0.4) is 0 Å². The summed E-state index contributed by atoms with van der Waals surface area (Å²) in [6.45, 7) is 0. The Morgan fingerprint density at radius 2 is 1.60 bits per heavy atom. The van der Waals surface area contributed by atoms with Crippen LogP contribution in [0.5, 0.6) is 0 Å². The van der Waals surface area contributed by atoms with Gasteiger partial charge in [0.2, 0.25) is 0 Å². The topological polar surface area (TPSA) is 32.9 Å². The van der Waals surface area contributed by atoms with Gasteiger partial charge in [-0.3, -0.25) is 4.79 Å². The molecule has 0 fully saturated rings. The monoisotopic (exact) mass is 265 g/mol. The molecule has 1 heterocycles. The lowest BCUT2D eigenvalue weighted by atomic mass is 9.98. The van der Waals surface area contributed by atoms with Gasteiger partial charge in [0.1, 0.15) is 5.82 Å². The molecule has 98 valence electrons. The maximum atomic E-state index is 13.0. The molecule has 0 aliphatic heterocycles. The Morgan fingerprint density at radius 1 is 0.900 bits per heavy atom. The molecule has 3 rings (SSSR count). The molecule has 2 aromatic carbocycles. The van der Waals surface area contributed by atoms with Gasteiger partial charge in [-0.1, -0.05) is 42.5 Å². The van der Waals surface area contributed by atoms with Crippen molar-refractivity contribution < 1.29 is 9.18 Å². The highest BCUT2D eigenvalue weighted by Gasteiger charge is 2.15. The Balaban J connectivity index is 2.02. The molecule has 0 saturated heterocycles. The van der Waals surface area contributed by atoms with Crippen molar-refractivity contribution in [1.29, 1.82) is 0 Å². The van der Waals surface area contributed by atoms with E-state index in [9.17, 15) is 9.18 Å². The molecule has 0 saturated carbocycles. The second kappa shape index (κ2) is 5.13. The van der Waals surface area contributed by atoms with Gasteiger partial charge in [-0.05, 0) is 17.7 Å². The molecular weight excluding hydrogens is 253 g/mol. The molecule has 3 heteroatoms. The summed E-state index contributed by atoms with van der Waals surface area (Å²) in [5.74, 6) is -0.341. The van der Waals surface area contributed by atoms with Crippen molar-refractivity contribution in [3.63, 3.8) is 0 Å². The number of H-pyrrole nitrogens is 1. The molecule has 0 unspecified atom stereocenters. The summed E-state index contributed by atoms with van der Waals surface area (Å²) in [6, 6.07) is 15.2. The van der Waals surface area contributed by atoms with Crippen molar-refractivity contribution in [2.24, 2.45) is 0 Å². The van der Waals surface area contributed by atoms with Crippen LogP contribution in [-0.2, 0) is 0 Å². The van der Waals surface area contributed by atoms with Crippen molar-refractivity contribution in [2.75, 3.05) is 0 Å². The fourth-order valence-electron chi connectivity index (χ4n) is 2.17. The number of aromatic nitrogens is 1. The van der Waals surface area contributed by atoms with E-state index in [1.165, 1.54) is 12.1 Å². The lowest BCUT2D eigenvalue weighted by Crippen LogP contribution is -2.01. The van der Waals surface area contributed by atoms with Gasteiger partial charge in [-0.25, -0.2) is 4.39 Å². The molecule has 0 bridgehead atoms. The normalized spacial score (nSPS) is 10.4. The molecular formula is C17H12FNO. The first-order valence-electron chi connectivity index (χ1n) is 6.28. The van der Waals surface area contributed by atoms with E-state index in [1.807, 2.05) is 18.2 Å². The van der Waals surface area contributed by atoms with E-state index in [0.717, 1.165) is 11.1 Å². The number of rotatable bonds is 3. The zero-order valence-electron chi connectivity index (χ0n) is 10.6. The van der Waals surface area contributed by atoms with Crippen molar-refractivity contribution in [3.8, 4) is 11.1 Å². The Hall–Kier alpha value is -2.68. The molecule has 20 heavy (non-hydrogen) atoms. The van der Waals surface area contributed by atoms with E-state index in [0.29, 0.717) is 11.1 Å². The van der Waals surface area contributed by atoms with Crippen molar-refractivity contribution in [3.05, 3.63) is 83.9 Å². The van der Waals surface area contributed by atoms with Gasteiger partial charge in [0.05, 0.1) is 0 Å². The highest BCUT2D eigenvalue weighted by molar-refractivity contribution is 6.12. The van der Waals surface area contributed by atoms with Crippen molar-refractivity contribution in [1.82, 2.24) is 4.98 Å². The molecule has 0 atom stereocenters. The first kappa shape index (κ1) is 12.4. The summed E-state index contributed by atoms with van der Waals surface area (Å²) in [4.78, 5) is 15.4. The van der Waals surface area contributed by atoms with Crippen molar-refractivity contribution in [2.45, 2.75) is 0 Å². The van der Waals surface area contributed by atoms with E-state index in [1.54, 1.807) is 36.7 Å². The van der Waals surface area contributed by atoms with Crippen LogP contribution in [0.15, 0.2) is 67.0 Å². The molecule has 3 aromatic rings. The Kier molecular flexibility index (Phi) is 3.17. The fraction of sp³-hybridized carbons (Fsp3) is 0. The Morgan fingerprint density at radius 3 is 2.30 bits per heavy atom. The van der Waals surface area contributed by atoms with Crippen LogP contribution < -0.4 is 0 Å². The number of nitrogens with one attached hydrogen (secondary N) is 1.